The highest BCUT2D eigenvalue weighted by Gasteiger charge is 2.16. The summed E-state index contributed by atoms with van der Waals surface area (Å²) < 4.78 is 10.4. The minimum absolute atomic E-state index is 0.345. The largest absolute Gasteiger partial charge is 0.493 e. The van der Waals surface area contributed by atoms with Crippen molar-refractivity contribution >= 4 is 29.8 Å². The van der Waals surface area contributed by atoms with Crippen LogP contribution in [0.3, 0.4) is 0 Å². The molecule has 4 rings (SSSR count). The van der Waals surface area contributed by atoms with Gasteiger partial charge in [-0.05, 0) is 60.6 Å². The maximum Gasteiger partial charge on any atom is 0.323 e. The minimum atomic E-state index is -0.632. The molecule has 10 heteroatoms. The average Bonchev–Trinajstić information content (AvgIpc) is 2.94. The summed E-state index contributed by atoms with van der Waals surface area (Å²) >= 11 is 0. The van der Waals surface area contributed by atoms with Gasteiger partial charge in [-0.25, -0.2) is 4.79 Å². The molecule has 208 valence electrons. The standard InChI is InChI=1S/C19H21N3O4.C8H14O2.CH4O/c1-25-17-6-5-16(10-18(17)26-2)21-19(24)20-15-4-3-14-11-22(12-23)8-7-13(14)9-15;9-8(10)6-7-4-2-1-3-5-7;1-2/h3-6,9-10,12H,7-8,11H2,1-2H3,(H2,20,21,24);7H,1-6H2,(H,9,10);2H,1H3. The Hall–Kier alpha value is -3.79. The third kappa shape index (κ3) is 9.59. The van der Waals surface area contributed by atoms with Gasteiger partial charge in [0.1, 0.15) is 0 Å². The molecule has 10 nitrogen and oxygen atoms in total. The van der Waals surface area contributed by atoms with E-state index in [0.29, 0.717) is 48.3 Å². The zero-order valence-electron chi connectivity index (χ0n) is 22.4. The molecule has 1 saturated carbocycles. The lowest BCUT2D eigenvalue weighted by Gasteiger charge is -2.25. The van der Waals surface area contributed by atoms with Crippen LogP contribution in [0.1, 0.15) is 49.7 Å². The molecule has 0 unspecified atom stereocenters. The SMILES string of the molecule is CO.COc1ccc(NC(=O)Nc2ccc3c(c2)CCN(C=O)C3)cc1OC.O=C(O)CC1CCCCC1. The van der Waals surface area contributed by atoms with Crippen molar-refractivity contribution in [3.05, 3.63) is 47.5 Å². The van der Waals surface area contributed by atoms with Crippen molar-refractivity contribution in [3.8, 4) is 11.5 Å². The smallest absolute Gasteiger partial charge is 0.323 e. The molecule has 1 heterocycles. The summed E-state index contributed by atoms with van der Waals surface area (Å²) in [6.45, 7) is 1.30. The summed E-state index contributed by atoms with van der Waals surface area (Å²) in [6.07, 6.45) is 8.07. The summed E-state index contributed by atoms with van der Waals surface area (Å²) in [6, 6.07) is 10.5. The van der Waals surface area contributed by atoms with E-state index in [4.69, 9.17) is 19.7 Å². The normalized spacial score (nSPS) is 14.4. The monoisotopic (exact) mass is 529 g/mol. The van der Waals surface area contributed by atoms with Crippen molar-refractivity contribution in [1.29, 1.82) is 0 Å². The lowest BCUT2D eigenvalue weighted by molar-refractivity contribution is -0.138. The minimum Gasteiger partial charge on any atom is -0.493 e. The number of anilines is 2. The molecule has 0 radical (unpaired) electrons. The Bertz CT molecular complexity index is 1050. The predicted octanol–water partition coefficient (Wildman–Crippen LogP) is 4.51. The molecule has 38 heavy (non-hydrogen) atoms. The number of carboxylic acids is 1. The van der Waals surface area contributed by atoms with Gasteiger partial charge in [0.15, 0.2) is 11.5 Å². The van der Waals surface area contributed by atoms with Crippen LogP contribution in [0.15, 0.2) is 36.4 Å². The number of amides is 3. The van der Waals surface area contributed by atoms with Crippen molar-refractivity contribution in [2.45, 2.75) is 51.5 Å². The Balaban J connectivity index is 0.000000353. The Morgan fingerprint density at radius 1 is 0.947 bits per heavy atom. The van der Waals surface area contributed by atoms with E-state index < -0.39 is 5.97 Å². The van der Waals surface area contributed by atoms with E-state index in [1.807, 2.05) is 18.2 Å². The van der Waals surface area contributed by atoms with Crippen LogP contribution in [0.4, 0.5) is 16.2 Å². The number of methoxy groups -OCH3 is 2. The van der Waals surface area contributed by atoms with Crippen LogP contribution in [-0.4, -0.2) is 61.4 Å². The van der Waals surface area contributed by atoms with E-state index >= 15 is 0 Å². The predicted molar refractivity (Wildman–Crippen MR) is 146 cm³/mol. The van der Waals surface area contributed by atoms with Gasteiger partial charge in [-0.15, -0.1) is 0 Å². The molecule has 2 aliphatic rings. The number of aliphatic hydroxyl groups excluding tert-OH is 1. The van der Waals surface area contributed by atoms with E-state index in [9.17, 15) is 14.4 Å². The maximum atomic E-state index is 12.3. The molecule has 1 fully saturated rings. The van der Waals surface area contributed by atoms with Gasteiger partial charge in [-0.3, -0.25) is 9.59 Å². The number of aliphatic hydroxyl groups is 1. The number of nitrogens with zero attached hydrogens (tertiary/aromatic N) is 1. The first-order chi connectivity index (χ1) is 18.4. The zero-order chi connectivity index (χ0) is 27.9. The first kappa shape index (κ1) is 30.4. The molecule has 4 N–H and O–H groups in total. The number of ether oxygens (including phenoxy) is 2. The van der Waals surface area contributed by atoms with Gasteiger partial charge >= 0.3 is 12.0 Å². The highest BCUT2D eigenvalue weighted by Crippen LogP contribution is 2.30. The van der Waals surface area contributed by atoms with Crippen LogP contribution in [0, 0.1) is 5.92 Å². The summed E-state index contributed by atoms with van der Waals surface area (Å²) in [4.78, 5) is 35.1. The number of carbonyl (C=O) groups excluding carboxylic acids is 2. The zero-order valence-corrected chi connectivity index (χ0v) is 22.4. The van der Waals surface area contributed by atoms with Crippen molar-refractivity contribution < 1.29 is 34.1 Å². The Labute approximate surface area is 223 Å². The third-order valence-corrected chi connectivity index (χ3v) is 6.48. The Kier molecular flexibility index (Phi) is 12.9. The number of nitrogens with one attached hydrogen (secondary N) is 2. The van der Waals surface area contributed by atoms with Crippen LogP contribution < -0.4 is 20.1 Å². The maximum absolute atomic E-state index is 12.3. The van der Waals surface area contributed by atoms with Gasteiger partial charge in [-0.2, -0.15) is 0 Å². The number of carboxylic acid groups (broad SMARTS) is 1. The molecular weight excluding hydrogens is 490 g/mol. The first-order valence-electron chi connectivity index (χ1n) is 12.7. The van der Waals surface area contributed by atoms with Gasteiger partial charge in [0.2, 0.25) is 6.41 Å². The molecule has 3 amide bonds. The number of benzene rings is 2. The second kappa shape index (κ2) is 16.1. The van der Waals surface area contributed by atoms with Gasteiger partial charge in [0.05, 0.1) is 14.2 Å². The number of rotatable bonds is 7. The molecule has 1 aliphatic heterocycles. The molecule has 0 atom stereocenters. The van der Waals surface area contributed by atoms with Crippen molar-refractivity contribution in [1.82, 2.24) is 4.90 Å². The van der Waals surface area contributed by atoms with E-state index in [2.05, 4.69) is 10.6 Å². The summed E-state index contributed by atoms with van der Waals surface area (Å²) in [5.74, 6) is 0.981. The lowest BCUT2D eigenvalue weighted by atomic mass is 9.87. The highest BCUT2D eigenvalue weighted by molar-refractivity contribution is 6.00. The number of hydrogen-bond donors (Lipinski definition) is 4. The van der Waals surface area contributed by atoms with Crippen molar-refractivity contribution in [2.75, 3.05) is 38.5 Å². The lowest BCUT2D eigenvalue weighted by Crippen LogP contribution is -2.29. The van der Waals surface area contributed by atoms with Crippen LogP contribution in [-0.2, 0) is 22.6 Å². The first-order valence-corrected chi connectivity index (χ1v) is 12.7. The van der Waals surface area contributed by atoms with E-state index in [1.54, 1.807) is 37.3 Å². The fourth-order valence-corrected chi connectivity index (χ4v) is 4.59. The van der Waals surface area contributed by atoms with Crippen LogP contribution in [0.5, 0.6) is 11.5 Å². The topological polar surface area (TPSA) is 137 Å². The molecular formula is C28H39N3O7. The molecule has 1 aliphatic carbocycles. The number of hydrogen-bond acceptors (Lipinski definition) is 6. The number of urea groups is 1. The quantitative estimate of drug-likeness (QED) is 0.387. The number of fused-ring (bicyclic) bond motifs is 1. The Morgan fingerprint density at radius 3 is 2.18 bits per heavy atom. The molecule has 2 aromatic rings. The second-order valence-corrected chi connectivity index (χ2v) is 9.06. The Morgan fingerprint density at radius 2 is 1.58 bits per heavy atom. The summed E-state index contributed by atoms with van der Waals surface area (Å²) in [7, 11) is 4.10. The van der Waals surface area contributed by atoms with Crippen LogP contribution in [0.25, 0.3) is 0 Å². The van der Waals surface area contributed by atoms with Gasteiger partial charge in [0.25, 0.3) is 0 Å². The number of carbonyl (C=O) groups is 3. The van der Waals surface area contributed by atoms with Crippen molar-refractivity contribution in [2.24, 2.45) is 5.92 Å². The highest BCUT2D eigenvalue weighted by atomic mass is 16.5. The molecule has 0 bridgehead atoms. The van der Waals surface area contributed by atoms with E-state index in [1.165, 1.54) is 19.3 Å². The second-order valence-electron chi connectivity index (χ2n) is 9.06. The van der Waals surface area contributed by atoms with Gasteiger partial charge in [-0.1, -0.05) is 25.3 Å². The molecule has 0 aromatic heterocycles. The van der Waals surface area contributed by atoms with E-state index in [0.717, 1.165) is 43.9 Å². The van der Waals surface area contributed by atoms with Crippen LogP contribution in [0.2, 0.25) is 0 Å². The molecule has 2 aromatic carbocycles. The van der Waals surface area contributed by atoms with Gasteiger partial charge in [0, 0.05) is 44.1 Å². The van der Waals surface area contributed by atoms with E-state index in [-0.39, 0.29) is 6.03 Å². The summed E-state index contributed by atoms with van der Waals surface area (Å²) in [5, 5.41) is 21.1. The third-order valence-electron chi connectivity index (χ3n) is 6.48. The molecule has 0 spiro atoms. The molecule has 0 saturated heterocycles. The fourth-order valence-electron chi connectivity index (χ4n) is 4.59. The van der Waals surface area contributed by atoms with Crippen LogP contribution >= 0.6 is 0 Å². The van der Waals surface area contributed by atoms with Crippen molar-refractivity contribution in [3.63, 3.8) is 0 Å². The number of aliphatic carboxylic acids is 1. The van der Waals surface area contributed by atoms with Gasteiger partial charge < -0.3 is 35.2 Å². The fraction of sp³-hybridized carbons (Fsp3) is 0.464. The summed E-state index contributed by atoms with van der Waals surface area (Å²) in [5.41, 5.74) is 3.56. The average molecular weight is 530 g/mol.